The summed E-state index contributed by atoms with van der Waals surface area (Å²) in [6.07, 6.45) is 9.47. The zero-order chi connectivity index (χ0) is 14.4. The summed E-state index contributed by atoms with van der Waals surface area (Å²) in [6, 6.07) is 3.89. The summed E-state index contributed by atoms with van der Waals surface area (Å²) in [6.45, 7) is 0.720. The number of hydrogen-bond acceptors (Lipinski definition) is 3. The van der Waals surface area contributed by atoms with Gasteiger partial charge in [0.2, 0.25) is 5.91 Å². The van der Waals surface area contributed by atoms with Gasteiger partial charge in [0, 0.05) is 45.7 Å². The Hall–Kier alpha value is -2.17. The number of nitrogens with zero attached hydrogens (tertiary/aromatic N) is 4. The average molecular weight is 272 g/mol. The van der Waals surface area contributed by atoms with E-state index >= 15 is 0 Å². The Morgan fingerprint density at radius 2 is 2.15 bits per heavy atom. The Kier molecular flexibility index (Phi) is 4.87. The number of pyridine rings is 1. The summed E-state index contributed by atoms with van der Waals surface area (Å²) < 4.78 is 1.78. The van der Waals surface area contributed by atoms with E-state index in [1.807, 2.05) is 44.8 Å². The Morgan fingerprint density at radius 1 is 1.30 bits per heavy atom. The maximum Gasteiger partial charge on any atom is 0.222 e. The van der Waals surface area contributed by atoms with E-state index in [2.05, 4.69) is 10.1 Å². The molecule has 5 heteroatoms. The van der Waals surface area contributed by atoms with Crippen molar-refractivity contribution in [1.29, 1.82) is 0 Å². The van der Waals surface area contributed by atoms with Gasteiger partial charge in [0.1, 0.15) is 0 Å². The number of carbonyl (C=O) groups excluding carboxylic acids is 1. The lowest BCUT2D eigenvalue weighted by Gasteiger charge is -2.16. The number of likely N-dealkylation sites (N-methyl/N-ethyl adjacent to an activating group) is 1. The minimum Gasteiger partial charge on any atom is -0.345 e. The molecular weight excluding hydrogens is 252 g/mol. The Labute approximate surface area is 119 Å². The van der Waals surface area contributed by atoms with Gasteiger partial charge in [0.25, 0.3) is 0 Å². The quantitative estimate of drug-likeness (QED) is 0.799. The average Bonchev–Trinajstić information content (AvgIpc) is 2.89. The molecule has 0 bridgehead atoms. The fourth-order valence-corrected chi connectivity index (χ4v) is 2.01. The van der Waals surface area contributed by atoms with Crippen molar-refractivity contribution in [3.05, 3.63) is 48.0 Å². The highest BCUT2D eigenvalue weighted by Crippen LogP contribution is 2.04. The number of carbonyl (C=O) groups is 1. The SMILES string of the molecule is CN(CCc1cnn(C)c1)C(=O)CCc1cccnc1. The molecule has 0 aliphatic rings. The monoisotopic (exact) mass is 272 g/mol. The number of aryl methyl sites for hydroxylation is 2. The summed E-state index contributed by atoms with van der Waals surface area (Å²) in [5.41, 5.74) is 2.25. The molecule has 0 aromatic carbocycles. The number of hydrogen-bond donors (Lipinski definition) is 0. The summed E-state index contributed by atoms with van der Waals surface area (Å²) in [5.74, 6) is 0.165. The summed E-state index contributed by atoms with van der Waals surface area (Å²) in [5, 5.41) is 4.12. The predicted octanol–water partition coefficient (Wildman–Crippen LogP) is 1.45. The van der Waals surface area contributed by atoms with Crippen LogP contribution in [-0.4, -0.2) is 39.2 Å². The second kappa shape index (κ2) is 6.84. The van der Waals surface area contributed by atoms with E-state index in [0.717, 1.165) is 30.5 Å². The van der Waals surface area contributed by atoms with E-state index in [1.54, 1.807) is 15.8 Å². The molecule has 0 atom stereocenters. The van der Waals surface area contributed by atoms with Crippen molar-refractivity contribution < 1.29 is 4.79 Å². The molecule has 0 saturated heterocycles. The van der Waals surface area contributed by atoms with Crippen LogP contribution in [-0.2, 0) is 24.7 Å². The van der Waals surface area contributed by atoms with Crippen LogP contribution in [0.2, 0.25) is 0 Å². The van der Waals surface area contributed by atoms with Gasteiger partial charge < -0.3 is 4.90 Å². The first kappa shape index (κ1) is 14.2. The highest BCUT2D eigenvalue weighted by atomic mass is 16.2. The lowest BCUT2D eigenvalue weighted by Crippen LogP contribution is -2.28. The maximum atomic E-state index is 12.0. The minimum atomic E-state index is 0.165. The molecule has 2 aromatic heterocycles. The van der Waals surface area contributed by atoms with Gasteiger partial charge >= 0.3 is 0 Å². The number of rotatable bonds is 6. The number of amides is 1. The Bertz CT molecular complexity index is 550. The molecule has 106 valence electrons. The van der Waals surface area contributed by atoms with Crippen LogP contribution < -0.4 is 0 Å². The third-order valence-corrected chi connectivity index (χ3v) is 3.27. The third kappa shape index (κ3) is 4.19. The molecular formula is C15H20N4O. The van der Waals surface area contributed by atoms with Gasteiger partial charge in [-0.25, -0.2) is 0 Å². The fourth-order valence-electron chi connectivity index (χ4n) is 2.01. The van der Waals surface area contributed by atoms with Crippen molar-refractivity contribution >= 4 is 5.91 Å². The van der Waals surface area contributed by atoms with E-state index in [9.17, 15) is 4.79 Å². The molecule has 0 aliphatic heterocycles. The molecule has 0 fully saturated rings. The van der Waals surface area contributed by atoms with Crippen molar-refractivity contribution in [2.75, 3.05) is 13.6 Å². The van der Waals surface area contributed by atoms with Crippen molar-refractivity contribution in [3.63, 3.8) is 0 Å². The van der Waals surface area contributed by atoms with E-state index in [4.69, 9.17) is 0 Å². The van der Waals surface area contributed by atoms with Gasteiger partial charge in [-0.3, -0.25) is 14.5 Å². The molecule has 1 amide bonds. The molecule has 0 N–H and O–H groups in total. The predicted molar refractivity (Wildman–Crippen MR) is 77.1 cm³/mol. The van der Waals surface area contributed by atoms with Crippen LogP contribution >= 0.6 is 0 Å². The largest absolute Gasteiger partial charge is 0.345 e. The van der Waals surface area contributed by atoms with Crippen molar-refractivity contribution in [3.8, 4) is 0 Å². The zero-order valence-corrected chi connectivity index (χ0v) is 12.0. The molecule has 2 heterocycles. The molecule has 2 aromatic rings. The molecule has 5 nitrogen and oxygen atoms in total. The van der Waals surface area contributed by atoms with Gasteiger partial charge in [-0.05, 0) is 30.0 Å². The Morgan fingerprint density at radius 3 is 2.80 bits per heavy atom. The zero-order valence-electron chi connectivity index (χ0n) is 12.0. The molecule has 20 heavy (non-hydrogen) atoms. The van der Waals surface area contributed by atoms with Gasteiger partial charge in [-0.2, -0.15) is 5.10 Å². The minimum absolute atomic E-state index is 0.165. The first-order valence-electron chi connectivity index (χ1n) is 6.75. The lowest BCUT2D eigenvalue weighted by atomic mass is 10.1. The first-order valence-corrected chi connectivity index (χ1v) is 6.75. The fraction of sp³-hybridized carbons (Fsp3) is 0.400. The smallest absolute Gasteiger partial charge is 0.222 e. The summed E-state index contributed by atoms with van der Waals surface area (Å²) >= 11 is 0. The van der Waals surface area contributed by atoms with Crippen LogP contribution in [0.25, 0.3) is 0 Å². The van der Waals surface area contributed by atoms with E-state index in [-0.39, 0.29) is 5.91 Å². The normalized spacial score (nSPS) is 10.5. The van der Waals surface area contributed by atoms with Crippen molar-refractivity contribution in [2.45, 2.75) is 19.3 Å². The number of aromatic nitrogens is 3. The van der Waals surface area contributed by atoms with Gasteiger partial charge in [-0.15, -0.1) is 0 Å². The van der Waals surface area contributed by atoms with Crippen LogP contribution in [0.1, 0.15) is 17.5 Å². The molecule has 0 aliphatic carbocycles. The highest BCUT2D eigenvalue weighted by Gasteiger charge is 2.09. The summed E-state index contributed by atoms with van der Waals surface area (Å²) in [4.78, 5) is 17.9. The topological polar surface area (TPSA) is 51.0 Å². The molecule has 0 radical (unpaired) electrons. The van der Waals surface area contributed by atoms with Crippen LogP contribution in [0.4, 0.5) is 0 Å². The highest BCUT2D eigenvalue weighted by molar-refractivity contribution is 5.76. The maximum absolute atomic E-state index is 12.0. The van der Waals surface area contributed by atoms with Crippen LogP contribution in [0.3, 0.4) is 0 Å². The van der Waals surface area contributed by atoms with Gasteiger partial charge in [0.15, 0.2) is 0 Å². The van der Waals surface area contributed by atoms with E-state index in [0.29, 0.717) is 6.42 Å². The van der Waals surface area contributed by atoms with Gasteiger partial charge in [-0.1, -0.05) is 6.07 Å². The molecule has 2 rings (SSSR count). The van der Waals surface area contributed by atoms with Crippen molar-refractivity contribution in [2.24, 2.45) is 7.05 Å². The molecule has 0 spiro atoms. The first-order chi connectivity index (χ1) is 9.65. The molecule has 0 unspecified atom stereocenters. The standard InChI is InChI=1S/C15H20N4O/c1-18(9-7-14-11-17-19(2)12-14)15(20)6-5-13-4-3-8-16-10-13/h3-4,8,10-12H,5-7,9H2,1-2H3. The van der Waals surface area contributed by atoms with Crippen LogP contribution in [0.15, 0.2) is 36.9 Å². The summed E-state index contributed by atoms with van der Waals surface area (Å²) in [7, 11) is 3.74. The van der Waals surface area contributed by atoms with Gasteiger partial charge in [0.05, 0.1) is 6.20 Å². The molecule has 0 saturated carbocycles. The van der Waals surface area contributed by atoms with E-state index < -0.39 is 0 Å². The van der Waals surface area contributed by atoms with E-state index in [1.165, 1.54) is 0 Å². The lowest BCUT2D eigenvalue weighted by molar-refractivity contribution is -0.129. The second-order valence-corrected chi connectivity index (χ2v) is 4.95. The van der Waals surface area contributed by atoms with Crippen molar-refractivity contribution in [1.82, 2.24) is 19.7 Å². The third-order valence-electron chi connectivity index (χ3n) is 3.27. The van der Waals surface area contributed by atoms with Crippen LogP contribution in [0.5, 0.6) is 0 Å². The second-order valence-electron chi connectivity index (χ2n) is 4.95. The Balaban J connectivity index is 1.74. The van der Waals surface area contributed by atoms with Crippen LogP contribution in [0, 0.1) is 0 Å².